The van der Waals surface area contributed by atoms with Crippen molar-refractivity contribution in [2.75, 3.05) is 31.6 Å². The lowest BCUT2D eigenvalue weighted by molar-refractivity contribution is -0.709. The van der Waals surface area contributed by atoms with Crippen LogP contribution in [0.15, 0.2) is 59.5 Å². The van der Waals surface area contributed by atoms with Gasteiger partial charge in [-0.15, -0.1) is 0 Å². The number of carbonyl (C=O) groups is 1. The highest BCUT2D eigenvalue weighted by molar-refractivity contribution is 7.89. The Morgan fingerprint density at radius 2 is 1.66 bits per heavy atom. The van der Waals surface area contributed by atoms with Crippen molar-refractivity contribution in [1.29, 1.82) is 0 Å². The molecule has 1 fully saturated rings. The summed E-state index contributed by atoms with van der Waals surface area (Å²) in [7, 11) is -3.54. The van der Waals surface area contributed by atoms with Crippen LogP contribution >= 0.6 is 0 Å². The number of nitrogens with one attached hydrogen (secondary N) is 1. The zero-order chi connectivity index (χ0) is 20.9. The van der Waals surface area contributed by atoms with Gasteiger partial charge in [-0.1, -0.05) is 30.3 Å². The number of morpholine rings is 1. The second-order valence-electron chi connectivity index (χ2n) is 7.21. The van der Waals surface area contributed by atoms with Gasteiger partial charge < -0.3 is 15.4 Å². The van der Waals surface area contributed by atoms with E-state index >= 15 is 0 Å². The Hall–Kier alpha value is -2.26. The third-order valence-electron chi connectivity index (χ3n) is 5.05. The number of quaternary nitrogens is 1. The van der Waals surface area contributed by atoms with Gasteiger partial charge in [0.2, 0.25) is 10.0 Å². The second kappa shape index (κ2) is 9.49. The molecular weight excluding hydrogens is 390 g/mol. The number of rotatable bonds is 7. The molecule has 1 aliphatic heterocycles. The lowest BCUT2D eigenvalue weighted by Gasteiger charge is -2.26. The Morgan fingerprint density at radius 1 is 1.03 bits per heavy atom. The Bertz CT molecular complexity index is 911. The molecule has 0 spiro atoms. The van der Waals surface area contributed by atoms with E-state index in [2.05, 4.69) is 12.2 Å². The molecule has 156 valence electrons. The van der Waals surface area contributed by atoms with E-state index in [9.17, 15) is 13.2 Å². The van der Waals surface area contributed by atoms with Crippen molar-refractivity contribution in [2.24, 2.45) is 0 Å². The van der Waals surface area contributed by atoms with Gasteiger partial charge in [-0.25, -0.2) is 8.42 Å². The lowest BCUT2D eigenvalue weighted by atomic mass is 10.1. The van der Waals surface area contributed by atoms with Gasteiger partial charge in [0.05, 0.1) is 18.1 Å². The average molecular weight is 419 g/mol. The maximum atomic E-state index is 12.7. The number of nitrogens with zero attached hydrogens (tertiary/aromatic N) is 1. The monoisotopic (exact) mass is 418 g/mol. The van der Waals surface area contributed by atoms with Crippen LogP contribution in [0.5, 0.6) is 0 Å². The molecule has 0 aromatic heterocycles. The Balaban J connectivity index is 1.59. The van der Waals surface area contributed by atoms with Crippen LogP contribution in [-0.4, -0.2) is 51.0 Å². The van der Waals surface area contributed by atoms with Crippen molar-refractivity contribution in [3.63, 3.8) is 0 Å². The number of hydrogen-bond acceptors (Lipinski definition) is 4. The van der Waals surface area contributed by atoms with Crippen molar-refractivity contribution in [3.8, 4) is 0 Å². The molecule has 8 heteroatoms. The molecule has 1 saturated heterocycles. The summed E-state index contributed by atoms with van der Waals surface area (Å²) in [6.45, 7) is 5.43. The zero-order valence-corrected chi connectivity index (χ0v) is 17.6. The summed E-state index contributed by atoms with van der Waals surface area (Å²) in [5.41, 5.74) is 1.73. The van der Waals surface area contributed by atoms with Gasteiger partial charge >= 0.3 is 0 Å². The van der Waals surface area contributed by atoms with E-state index in [1.165, 1.54) is 16.4 Å². The summed E-state index contributed by atoms with van der Waals surface area (Å²) in [6, 6.07) is 16.2. The van der Waals surface area contributed by atoms with Crippen LogP contribution < -0.4 is 10.6 Å². The molecule has 2 aromatic rings. The summed E-state index contributed by atoms with van der Waals surface area (Å²) < 4.78 is 32.0. The molecule has 3 N–H and O–H groups in total. The summed E-state index contributed by atoms with van der Waals surface area (Å²) in [5.74, 6) is -0.128. The third-order valence-corrected chi connectivity index (χ3v) is 6.96. The second-order valence-corrected chi connectivity index (χ2v) is 9.15. The Labute approximate surface area is 172 Å². The fourth-order valence-corrected chi connectivity index (χ4v) is 4.70. The summed E-state index contributed by atoms with van der Waals surface area (Å²) >= 11 is 0. The number of anilines is 1. The van der Waals surface area contributed by atoms with Gasteiger partial charge in [-0.2, -0.15) is 4.31 Å². The average Bonchev–Trinajstić information content (AvgIpc) is 2.75. The first-order valence-corrected chi connectivity index (χ1v) is 11.2. The van der Waals surface area contributed by atoms with E-state index < -0.39 is 10.0 Å². The fraction of sp³-hybridized carbons (Fsp3) is 0.381. The minimum absolute atomic E-state index is 0.128. The van der Waals surface area contributed by atoms with Crippen molar-refractivity contribution in [1.82, 2.24) is 4.31 Å². The fourth-order valence-electron chi connectivity index (χ4n) is 3.29. The van der Waals surface area contributed by atoms with E-state index in [1.54, 1.807) is 12.1 Å². The summed E-state index contributed by atoms with van der Waals surface area (Å²) in [5, 5.41) is 4.86. The minimum Gasteiger partial charge on any atom is -0.379 e. The standard InChI is InChI=1S/C21H27N3O4S/c1-16(18-6-4-3-5-7-18)22-17(2)21(25)23-19-8-10-20(11-9-19)29(26,27)24-12-14-28-15-13-24/h3-11,16-17,22H,12-15H2,1-2H3,(H,23,25)/p+1/t16-,17+/m0/s1. The van der Waals surface area contributed by atoms with E-state index in [0.29, 0.717) is 32.0 Å². The molecule has 1 heterocycles. The van der Waals surface area contributed by atoms with Gasteiger partial charge in [0, 0.05) is 24.3 Å². The van der Waals surface area contributed by atoms with E-state index in [1.807, 2.05) is 42.6 Å². The molecular formula is C21H28N3O4S+. The van der Waals surface area contributed by atoms with E-state index in [4.69, 9.17) is 4.74 Å². The number of hydrogen-bond donors (Lipinski definition) is 2. The Morgan fingerprint density at radius 3 is 2.28 bits per heavy atom. The van der Waals surface area contributed by atoms with Crippen LogP contribution in [0.2, 0.25) is 0 Å². The molecule has 7 nitrogen and oxygen atoms in total. The molecule has 1 amide bonds. The highest BCUT2D eigenvalue weighted by Gasteiger charge is 2.26. The third kappa shape index (κ3) is 5.42. The van der Waals surface area contributed by atoms with Gasteiger partial charge in [-0.05, 0) is 38.1 Å². The highest BCUT2D eigenvalue weighted by Crippen LogP contribution is 2.19. The minimum atomic E-state index is -3.54. The molecule has 2 aromatic carbocycles. The molecule has 29 heavy (non-hydrogen) atoms. The number of benzene rings is 2. The highest BCUT2D eigenvalue weighted by atomic mass is 32.2. The Kier molecular flexibility index (Phi) is 7.02. The zero-order valence-electron chi connectivity index (χ0n) is 16.7. The first-order valence-electron chi connectivity index (χ1n) is 9.76. The summed E-state index contributed by atoms with van der Waals surface area (Å²) in [4.78, 5) is 12.7. The predicted octanol–water partition coefficient (Wildman–Crippen LogP) is 1.36. The van der Waals surface area contributed by atoms with E-state index in [-0.39, 0.29) is 22.9 Å². The smallest absolute Gasteiger partial charge is 0.282 e. The van der Waals surface area contributed by atoms with E-state index in [0.717, 1.165) is 5.56 Å². The maximum Gasteiger partial charge on any atom is 0.282 e. The van der Waals surface area contributed by atoms with Crippen LogP contribution in [-0.2, 0) is 19.6 Å². The number of nitrogens with two attached hydrogens (primary N) is 1. The van der Waals surface area contributed by atoms with Gasteiger partial charge in [0.25, 0.3) is 5.91 Å². The molecule has 0 unspecified atom stereocenters. The maximum absolute atomic E-state index is 12.7. The van der Waals surface area contributed by atoms with Gasteiger partial charge in [0.1, 0.15) is 6.04 Å². The van der Waals surface area contributed by atoms with Crippen LogP contribution in [0.3, 0.4) is 0 Å². The first-order chi connectivity index (χ1) is 13.9. The van der Waals surface area contributed by atoms with Gasteiger partial charge in [0.15, 0.2) is 6.04 Å². The number of sulfonamides is 1. The molecule has 0 saturated carbocycles. The molecule has 3 rings (SSSR count). The van der Waals surface area contributed by atoms with Crippen molar-refractivity contribution in [3.05, 3.63) is 60.2 Å². The number of carbonyl (C=O) groups excluding carboxylic acids is 1. The van der Waals surface area contributed by atoms with Gasteiger partial charge in [-0.3, -0.25) is 4.79 Å². The molecule has 0 bridgehead atoms. The van der Waals surface area contributed by atoms with Crippen LogP contribution in [0.25, 0.3) is 0 Å². The van der Waals surface area contributed by atoms with Crippen LogP contribution in [0.1, 0.15) is 25.5 Å². The normalized spacial score (nSPS) is 17.4. The molecule has 0 radical (unpaired) electrons. The SMILES string of the molecule is C[C@H]([NH2+][C@H](C)C(=O)Nc1ccc(S(=O)(=O)N2CCOCC2)cc1)c1ccccc1. The van der Waals surface area contributed by atoms with Crippen LogP contribution in [0.4, 0.5) is 5.69 Å². The molecule has 0 aliphatic carbocycles. The van der Waals surface area contributed by atoms with Crippen molar-refractivity contribution in [2.45, 2.75) is 30.8 Å². The van der Waals surface area contributed by atoms with Crippen LogP contribution in [0, 0.1) is 0 Å². The number of ether oxygens (including phenoxy) is 1. The number of amides is 1. The molecule has 1 aliphatic rings. The largest absolute Gasteiger partial charge is 0.379 e. The lowest BCUT2D eigenvalue weighted by Crippen LogP contribution is -2.91. The molecule has 2 atom stereocenters. The quantitative estimate of drug-likeness (QED) is 0.710. The predicted molar refractivity (Wildman–Crippen MR) is 111 cm³/mol. The topological polar surface area (TPSA) is 92.3 Å². The first kappa shape index (κ1) is 21.4. The van der Waals surface area contributed by atoms with Crippen molar-refractivity contribution >= 4 is 21.6 Å². The summed E-state index contributed by atoms with van der Waals surface area (Å²) in [6.07, 6.45) is 0. The van der Waals surface area contributed by atoms with Crippen molar-refractivity contribution < 1.29 is 23.3 Å².